The van der Waals surface area contributed by atoms with E-state index in [0.717, 1.165) is 10.7 Å². The summed E-state index contributed by atoms with van der Waals surface area (Å²) in [7, 11) is 1.50. The highest BCUT2D eigenvalue weighted by Gasteiger charge is 2.09. The predicted molar refractivity (Wildman–Crippen MR) is 77.1 cm³/mol. The summed E-state index contributed by atoms with van der Waals surface area (Å²) >= 11 is 7.58. The second-order valence-corrected chi connectivity index (χ2v) is 5.48. The Balaban J connectivity index is 2.01. The standard InChI is InChI=1S/C13H15ClN2O2S/c1-8-7-19-12(16-8)6-15-5-9-3-10(14)4-11(18-2)13(9)17/h3-4,7,15,17H,5-6H2,1-2H3. The Labute approximate surface area is 121 Å². The van der Waals surface area contributed by atoms with E-state index in [-0.39, 0.29) is 5.75 Å². The van der Waals surface area contributed by atoms with Gasteiger partial charge >= 0.3 is 0 Å². The van der Waals surface area contributed by atoms with E-state index in [2.05, 4.69) is 10.3 Å². The zero-order valence-electron chi connectivity index (χ0n) is 10.7. The van der Waals surface area contributed by atoms with Crippen LogP contribution in [0.2, 0.25) is 5.02 Å². The van der Waals surface area contributed by atoms with Crippen LogP contribution in [0.3, 0.4) is 0 Å². The average molecular weight is 299 g/mol. The minimum Gasteiger partial charge on any atom is -0.504 e. The molecule has 2 N–H and O–H groups in total. The third kappa shape index (κ3) is 3.59. The maximum absolute atomic E-state index is 9.98. The Bertz CT molecular complexity index is 572. The fraction of sp³-hybridized carbons (Fsp3) is 0.308. The van der Waals surface area contributed by atoms with Crippen molar-refractivity contribution in [1.82, 2.24) is 10.3 Å². The van der Waals surface area contributed by atoms with Gasteiger partial charge in [-0.05, 0) is 13.0 Å². The van der Waals surface area contributed by atoms with Gasteiger partial charge in [-0.3, -0.25) is 0 Å². The number of nitrogens with zero attached hydrogens (tertiary/aromatic N) is 1. The van der Waals surface area contributed by atoms with Crippen LogP contribution in [-0.4, -0.2) is 17.2 Å². The Morgan fingerprint density at radius 1 is 1.42 bits per heavy atom. The predicted octanol–water partition coefficient (Wildman–Crippen LogP) is 3.11. The number of nitrogens with one attached hydrogen (secondary N) is 1. The van der Waals surface area contributed by atoms with Crippen molar-refractivity contribution in [2.75, 3.05) is 7.11 Å². The van der Waals surface area contributed by atoms with Crippen molar-refractivity contribution in [1.29, 1.82) is 0 Å². The number of phenols is 1. The summed E-state index contributed by atoms with van der Waals surface area (Å²) in [6.45, 7) is 3.13. The number of hydrogen-bond acceptors (Lipinski definition) is 5. The lowest BCUT2D eigenvalue weighted by Crippen LogP contribution is -2.12. The summed E-state index contributed by atoms with van der Waals surface area (Å²) in [5.74, 6) is 0.504. The molecule has 0 aliphatic rings. The van der Waals surface area contributed by atoms with Crippen molar-refractivity contribution in [2.45, 2.75) is 20.0 Å². The van der Waals surface area contributed by atoms with E-state index >= 15 is 0 Å². The number of methoxy groups -OCH3 is 1. The third-order valence-electron chi connectivity index (χ3n) is 2.60. The van der Waals surface area contributed by atoms with Gasteiger partial charge in [0.25, 0.3) is 0 Å². The zero-order chi connectivity index (χ0) is 13.8. The minimum atomic E-state index is 0.120. The van der Waals surface area contributed by atoms with Crippen molar-refractivity contribution in [2.24, 2.45) is 0 Å². The molecule has 0 saturated carbocycles. The molecule has 1 aromatic heterocycles. The first kappa shape index (κ1) is 14.1. The second-order valence-electron chi connectivity index (χ2n) is 4.10. The molecule has 2 rings (SSSR count). The molecular formula is C13H15ClN2O2S. The first-order valence-electron chi connectivity index (χ1n) is 5.77. The number of thiazole rings is 1. The van der Waals surface area contributed by atoms with E-state index in [1.165, 1.54) is 7.11 Å². The van der Waals surface area contributed by atoms with E-state index in [0.29, 0.717) is 29.4 Å². The van der Waals surface area contributed by atoms with Gasteiger partial charge in [0.1, 0.15) is 5.01 Å². The van der Waals surface area contributed by atoms with Crippen molar-refractivity contribution in [3.63, 3.8) is 0 Å². The molecule has 0 bridgehead atoms. The van der Waals surface area contributed by atoms with Crippen LogP contribution in [0.4, 0.5) is 0 Å². The van der Waals surface area contributed by atoms with Crippen LogP contribution in [0.15, 0.2) is 17.5 Å². The van der Waals surface area contributed by atoms with Gasteiger partial charge < -0.3 is 15.2 Å². The van der Waals surface area contributed by atoms with Crippen molar-refractivity contribution in [3.05, 3.63) is 38.8 Å². The highest BCUT2D eigenvalue weighted by molar-refractivity contribution is 7.09. The molecular weight excluding hydrogens is 284 g/mol. The Kier molecular flexibility index (Phi) is 4.63. The molecule has 0 fully saturated rings. The molecule has 4 nitrogen and oxygen atoms in total. The quantitative estimate of drug-likeness (QED) is 0.890. The Hall–Kier alpha value is -1.30. The van der Waals surface area contributed by atoms with E-state index in [1.54, 1.807) is 23.5 Å². The van der Waals surface area contributed by atoms with Crippen molar-refractivity contribution < 1.29 is 9.84 Å². The van der Waals surface area contributed by atoms with Gasteiger partial charge in [-0.2, -0.15) is 0 Å². The van der Waals surface area contributed by atoms with Gasteiger partial charge in [-0.15, -0.1) is 11.3 Å². The number of benzene rings is 1. The summed E-state index contributed by atoms with van der Waals surface area (Å²) in [5.41, 5.74) is 1.73. The van der Waals surface area contributed by atoms with Crippen LogP contribution >= 0.6 is 22.9 Å². The van der Waals surface area contributed by atoms with Gasteiger partial charge in [-0.25, -0.2) is 4.98 Å². The van der Waals surface area contributed by atoms with E-state index in [1.807, 2.05) is 12.3 Å². The third-order valence-corrected chi connectivity index (χ3v) is 3.78. The molecule has 0 atom stereocenters. The number of aromatic nitrogens is 1. The molecule has 0 saturated heterocycles. The smallest absolute Gasteiger partial charge is 0.162 e. The average Bonchev–Trinajstić information content (AvgIpc) is 2.79. The van der Waals surface area contributed by atoms with Gasteiger partial charge in [0.15, 0.2) is 11.5 Å². The second kappa shape index (κ2) is 6.23. The Morgan fingerprint density at radius 2 is 2.21 bits per heavy atom. The zero-order valence-corrected chi connectivity index (χ0v) is 12.3. The highest BCUT2D eigenvalue weighted by atomic mass is 35.5. The number of halogens is 1. The molecule has 0 amide bonds. The minimum absolute atomic E-state index is 0.120. The lowest BCUT2D eigenvalue weighted by molar-refractivity contribution is 0.369. The number of hydrogen-bond donors (Lipinski definition) is 2. The molecule has 0 aliphatic heterocycles. The lowest BCUT2D eigenvalue weighted by Gasteiger charge is -2.10. The number of aromatic hydroxyl groups is 1. The molecule has 2 aromatic rings. The van der Waals surface area contributed by atoms with Gasteiger partial charge in [0.2, 0.25) is 0 Å². The maximum Gasteiger partial charge on any atom is 0.162 e. The van der Waals surface area contributed by atoms with Crippen molar-refractivity contribution >= 4 is 22.9 Å². The first-order valence-corrected chi connectivity index (χ1v) is 7.03. The lowest BCUT2D eigenvalue weighted by atomic mass is 10.2. The van der Waals surface area contributed by atoms with Crippen LogP contribution in [0, 0.1) is 6.92 Å². The largest absolute Gasteiger partial charge is 0.504 e. The molecule has 1 aromatic carbocycles. The molecule has 19 heavy (non-hydrogen) atoms. The van der Waals surface area contributed by atoms with Crippen LogP contribution < -0.4 is 10.1 Å². The van der Waals surface area contributed by atoms with Gasteiger partial charge in [-0.1, -0.05) is 11.6 Å². The number of rotatable bonds is 5. The fourth-order valence-corrected chi connectivity index (χ4v) is 2.68. The van der Waals surface area contributed by atoms with Crippen LogP contribution in [0.5, 0.6) is 11.5 Å². The first-order chi connectivity index (χ1) is 9.10. The number of ether oxygens (including phenoxy) is 1. The number of aryl methyl sites for hydroxylation is 1. The van der Waals surface area contributed by atoms with E-state index in [9.17, 15) is 5.11 Å². The molecule has 1 heterocycles. The summed E-state index contributed by atoms with van der Waals surface area (Å²) in [6, 6.07) is 3.31. The Morgan fingerprint density at radius 3 is 2.84 bits per heavy atom. The van der Waals surface area contributed by atoms with Crippen LogP contribution in [0.1, 0.15) is 16.3 Å². The maximum atomic E-state index is 9.98. The molecule has 0 aliphatic carbocycles. The number of phenolic OH excluding ortho intramolecular Hbond substituents is 1. The highest BCUT2D eigenvalue weighted by Crippen LogP contribution is 2.33. The van der Waals surface area contributed by atoms with Crippen LogP contribution in [0.25, 0.3) is 0 Å². The normalized spacial score (nSPS) is 10.7. The fourth-order valence-electron chi connectivity index (χ4n) is 1.71. The van der Waals surface area contributed by atoms with Gasteiger partial charge in [0.05, 0.1) is 7.11 Å². The summed E-state index contributed by atoms with van der Waals surface area (Å²) in [5, 5.41) is 16.8. The molecule has 0 spiro atoms. The molecule has 102 valence electrons. The van der Waals surface area contributed by atoms with Crippen molar-refractivity contribution in [3.8, 4) is 11.5 Å². The van der Waals surface area contributed by atoms with E-state index < -0.39 is 0 Å². The summed E-state index contributed by atoms with van der Waals surface area (Å²) in [4.78, 5) is 4.36. The van der Waals surface area contributed by atoms with Gasteiger partial charge in [0, 0.05) is 40.8 Å². The molecule has 0 unspecified atom stereocenters. The summed E-state index contributed by atoms with van der Waals surface area (Å²) < 4.78 is 5.06. The monoisotopic (exact) mass is 298 g/mol. The SMILES string of the molecule is COc1cc(Cl)cc(CNCc2nc(C)cs2)c1O. The van der Waals surface area contributed by atoms with E-state index in [4.69, 9.17) is 16.3 Å². The molecule has 6 heteroatoms. The molecule has 0 radical (unpaired) electrons. The van der Waals surface area contributed by atoms with Crippen LogP contribution in [-0.2, 0) is 13.1 Å². The summed E-state index contributed by atoms with van der Waals surface area (Å²) in [6.07, 6.45) is 0. The topological polar surface area (TPSA) is 54.4 Å².